The van der Waals surface area contributed by atoms with E-state index in [1.54, 1.807) is 12.0 Å². The number of pyridine rings is 1. The lowest BCUT2D eigenvalue weighted by atomic mass is 10.1. The minimum atomic E-state index is -0.565. The molecule has 0 aliphatic carbocycles. The molecule has 1 amide bonds. The summed E-state index contributed by atoms with van der Waals surface area (Å²) in [5, 5.41) is 2.90. The second kappa shape index (κ2) is 7.36. The summed E-state index contributed by atoms with van der Waals surface area (Å²) < 4.78 is 19.6. The van der Waals surface area contributed by atoms with E-state index in [-0.39, 0.29) is 23.4 Å². The van der Waals surface area contributed by atoms with Crippen molar-refractivity contribution >= 4 is 11.7 Å². The van der Waals surface area contributed by atoms with Crippen molar-refractivity contribution < 1.29 is 13.9 Å². The quantitative estimate of drug-likeness (QED) is 0.905. The summed E-state index contributed by atoms with van der Waals surface area (Å²) in [6.07, 6.45) is 4.10. The second-order valence-corrected chi connectivity index (χ2v) is 5.18. The van der Waals surface area contributed by atoms with Gasteiger partial charge in [-0.1, -0.05) is 6.92 Å². The van der Waals surface area contributed by atoms with Gasteiger partial charge in [-0.2, -0.15) is 0 Å². The molecule has 5 nitrogen and oxygen atoms in total. The van der Waals surface area contributed by atoms with Crippen LogP contribution in [0, 0.1) is 5.82 Å². The molecule has 0 spiro atoms. The van der Waals surface area contributed by atoms with Crippen LogP contribution in [0.3, 0.4) is 0 Å². The van der Waals surface area contributed by atoms with Crippen molar-refractivity contribution in [3.8, 4) is 0 Å². The van der Waals surface area contributed by atoms with E-state index in [2.05, 4.69) is 10.3 Å². The topological polar surface area (TPSA) is 54.5 Å². The predicted octanol–water partition coefficient (Wildman–Crippen LogP) is 2.29. The molecule has 0 bridgehead atoms. The van der Waals surface area contributed by atoms with Crippen molar-refractivity contribution in [2.24, 2.45) is 0 Å². The summed E-state index contributed by atoms with van der Waals surface area (Å²) in [6, 6.07) is 1.44. The number of ether oxygens (including phenoxy) is 1. The number of carbonyl (C=O) groups excluding carboxylic acids is 1. The fraction of sp³-hybridized carbons (Fsp3) is 0.600. The van der Waals surface area contributed by atoms with E-state index in [0.29, 0.717) is 19.6 Å². The highest BCUT2D eigenvalue weighted by atomic mass is 19.1. The summed E-state index contributed by atoms with van der Waals surface area (Å²) in [6.45, 7) is 3.80. The standard InChI is InChI=1S/C15H22FN3O2/c1-3-7-17-14-13(16)12(4-8-18-14)15(20)19-9-5-11(21-2)6-10-19/h4,8,11H,3,5-7,9-10H2,1-2H3,(H,17,18). The number of methoxy groups -OCH3 is 1. The Morgan fingerprint density at radius 1 is 1.52 bits per heavy atom. The van der Waals surface area contributed by atoms with Crippen LogP contribution in [-0.2, 0) is 4.74 Å². The smallest absolute Gasteiger partial charge is 0.257 e. The van der Waals surface area contributed by atoms with Gasteiger partial charge in [-0.05, 0) is 25.3 Å². The molecule has 1 fully saturated rings. The third-order valence-corrected chi connectivity index (χ3v) is 3.72. The molecule has 6 heteroatoms. The van der Waals surface area contributed by atoms with Crippen LogP contribution < -0.4 is 5.32 Å². The number of hydrogen-bond acceptors (Lipinski definition) is 4. The molecule has 1 aliphatic heterocycles. The van der Waals surface area contributed by atoms with Gasteiger partial charge in [0.15, 0.2) is 11.6 Å². The summed E-state index contributed by atoms with van der Waals surface area (Å²) in [7, 11) is 1.68. The number of piperidine rings is 1. The van der Waals surface area contributed by atoms with Crippen molar-refractivity contribution in [3.63, 3.8) is 0 Å². The molecule has 0 aromatic carbocycles. The molecule has 0 atom stereocenters. The fourth-order valence-corrected chi connectivity index (χ4v) is 2.44. The van der Waals surface area contributed by atoms with Gasteiger partial charge < -0.3 is 15.0 Å². The first-order valence-electron chi connectivity index (χ1n) is 7.37. The number of carbonyl (C=O) groups is 1. The average Bonchev–Trinajstić information content (AvgIpc) is 2.53. The Morgan fingerprint density at radius 2 is 2.24 bits per heavy atom. The molecule has 1 saturated heterocycles. The van der Waals surface area contributed by atoms with Crippen molar-refractivity contribution in [3.05, 3.63) is 23.6 Å². The average molecular weight is 295 g/mol. The molecular formula is C15H22FN3O2. The zero-order valence-electron chi connectivity index (χ0n) is 12.6. The van der Waals surface area contributed by atoms with E-state index >= 15 is 0 Å². The lowest BCUT2D eigenvalue weighted by Gasteiger charge is -2.31. The van der Waals surface area contributed by atoms with E-state index in [0.717, 1.165) is 19.3 Å². The molecule has 2 heterocycles. The Balaban J connectivity index is 2.09. The molecule has 1 aliphatic rings. The summed E-state index contributed by atoms with van der Waals surface area (Å²) in [5.41, 5.74) is 0.0828. The van der Waals surface area contributed by atoms with Crippen LogP contribution in [0.25, 0.3) is 0 Å². The third-order valence-electron chi connectivity index (χ3n) is 3.72. The number of rotatable bonds is 5. The van der Waals surface area contributed by atoms with Gasteiger partial charge in [0.1, 0.15) is 0 Å². The number of nitrogens with zero attached hydrogens (tertiary/aromatic N) is 2. The summed E-state index contributed by atoms with van der Waals surface area (Å²) in [5.74, 6) is -0.691. The maximum atomic E-state index is 14.3. The Morgan fingerprint density at radius 3 is 2.86 bits per heavy atom. The van der Waals surface area contributed by atoms with Crippen LogP contribution >= 0.6 is 0 Å². The Hall–Kier alpha value is -1.69. The van der Waals surface area contributed by atoms with E-state index < -0.39 is 5.82 Å². The van der Waals surface area contributed by atoms with Crippen LogP contribution in [-0.4, -0.2) is 48.6 Å². The lowest BCUT2D eigenvalue weighted by Crippen LogP contribution is -2.41. The van der Waals surface area contributed by atoms with E-state index in [1.807, 2.05) is 6.92 Å². The first-order valence-corrected chi connectivity index (χ1v) is 7.37. The number of likely N-dealkylation sites (tertiary alicyclic amines) is 1. The number of hydrogen-bond donors (Lipinski definition) is 1. The zero-order chi connectivity index (χ0) is 15.2. The van der Waals surface area contributed by atoms with Gasteiger partial charge in [-0.15, -0.1) is 0 Å². The third kappa shape index (κ3) is 3.69. The molecule has 1 N–H and O–H groups in total. The lowest BCUT2D eigenvalue weighted by molar-refractivity contribution is 0.0348. The van der Waals surface area contributed by atoms with Crippen LogP contribution in [0.4, 0.5) is 10.2 Å². The van der Waals surface area contributed by atoms with Crippen molar-refractivity contribution in [2.45, 2.75) is 32.3 Å². The van der Waals surface area contributed by atoms with E-state index in [1.165, 1.54) is 12.3 Å². The van der Waals surface area contributed by atoms with Crippen molar-refractivity contribution in [2.75, 3.05) is 32.1 Å². The van der Waals surface area contributed by atoms with E-state index in [9.17, 15) is 9.18 Å². The first-order chi connectivity index (χ1) is 10.2. The molecule has 1 aromatic heterocycles. The highest BCUT2D eigenvalue weighted by Crippen LogP contribution is 2.20. The Kier molecular flexibility index (Phi) is 5.50. The number of aromatic nitrogens is 1. The Labute approximate surface area is 124 Å². The molecule has 0 unspecified atom stereocenters. The second-order valence-electron chi connectivity index (χ2n) is 5.18. The number of anilines is 1. The molecule has 1 aromatic rings. The maximum absolute atomic E-state index is 14.3. The molecule has 0 radical (unpaired) electrons. The van der Waals surface area contributed by atoms with Crippen LogP contribution in [0.5, 0.6) is 0 Å². The minimum Gasteiger partial charge on any atom is -0.381 e. The number of halogens is 1. The SMILES string of the molecule is CCCNc1nccc(C(=O)N2CCC(OC)CC2)c1F. The highest BCUT2D eigenvalue weighted by molar-refractivity contribution is 5.95. The maximum Gasteiger partial charge on any atom is 0.257 e. The molecular weight excluding hydrogens is 273 g/mol. The Bertz CT molecular complexity index is 488. The van der Waals surface area contributed by atoms with Gasteiger partial charge in [-0.3, -0.25) is 4.79 Å². The number of amides is 1. The normalized spacial score (nSPS) is 16.0. The van der Waals surface area contributed by atoms with Crippen molar-refractivity contribution in [1.29, 1.82) is 0 Å². The van der Waals surface area contributed by atoms with Gasteiger partial charge in [0, 0.05) is 32.9 Å². The summed E-state index contributed by atoms with van der Waals surface area (Å²) >= 11 is 0. The monoisotopic (exact) mass is 295 g/mol. The predicted molar refractivity (Wildman–Crippen MR) is 78.9 cm³/mol. The van der Waals surface area contributed by atoms with Gasteiger partial charge in [0.2, 0.25) is 0 Å². The molecule has 21 heavy (non-hydrogen) atoms. The number of nitrogens with one attached hydrogen (secondary N) is 1. The van der Waals surface area contributed by atoms with Gasteiger partial charge in [-0.25, -0.2) is 9.37 Å². The fourth-order valence-electron chi connectivity index (χ4n) is 2.44. The minimum absolute atomic E-state index is 0.0828. The van der Waals surface area contributed by atoms with Crippen LogP contribution in [0.15, 0.2) is 12.3 Å². The van der Waals surface area contributed by atoms with Crippen molar-refractivity contribution in [1.82, 2.24) is 9.88 Å². The summed E-state index contributed by atoms with van der Waals surface area (Å²) in [4.78, 5) is 18.1. The van der Waals surface area contributed by atoms with Gasteiger partial charge in [0.25, 0.3) is 5.91 Å². The largest absolute Gasteiger partial charge is 0.381 e. The highest BCUT2D eigenvalue weighted by Gasteiger charge is 2.26. The van der Waals surface area contributed by atoms with Gasteiger partial charge in [0.05, 0.1) is 11.7 Å². The first kappa shape index (κ1) is 15.7. The molecule has 0 saturated carbocycles. The molecule has 116 valence electrons. The van der Waals surface area contributed by atoms with Crippen LogP contribution in [0.2, 0.25) is 0 Å². The van der Waals surface area contributed by atoms with E-state index in [4.69, 9.17) is 4.74 Å². The van der Waals surface area contributed by atoms with Crippen LogP contribution in [0.1, 0.15) is 36.5 Å². The van der Waals surface area contributed by atoms with Gasteiger partial charge >= 0.3 is 0 Å². The molecule has 2 rings (SSSR count). The zero-order valence-corrected chi connectivity index (χ0v) is 12.6.